The van der Waals surface area contributed by atoms with E-state index in [2.05, 4.69) is 199 Å². The first kappa shape index (κ1) is 29.5. The maximum Gasteiger partial charge on any atom is 0.143 e. The number of para-hydroxylation sites is 2. The fraction of sp³-hybridized carbons (Fsp3) is 0. The van der Waals surface area contributed by atoms with E-state index < -0.39 is 0 Å². The number of nitrogens with zero attached hydrogens (tertiary/aromatic N) is 1. The standard InChI is InChI=1S/C48H33NO/c1-4-14-34(15-5-1)36-24-26-39(27-25-36)44-32-41(33-45-43-21-11-13-23-47(43)50-48(44)45)49(40-30-28-37(29-31-40)35-16-6-2-7-17-35)46-22-12-10-20-42(46)38-18-8-3-9-19-38/h1-33H. The molecule has 0 N–H and O–H groups in total. The molecular formula is C48H33NO. The van der Waals surface area contributed by atoms with Gasteiger partial charge in [0.15, 0.2) is 0 Å². The summed E-state index contributed by atoms with van der Waals surface area (Å²) in [6, 6.07) is 71.0. The topological polar surface area (TPSA) is 16.4 Å². The Morgan fingerprint density at radius 3 is 1.46 bits per heavy atom. The number of hydrogen-bond acceptors (Lipinski definition) is 2. The summed E-state index contributed by atoms with van der Waals surface area (Å²) in [5.74, 6) is 0. The molecule has 0 amide bonds. The van der Waals surface area contributed by atoms with Gasteiger partial charge >= 0.3 is 0 Å². The van der Waals surface area contributed by atoms with Crippen molar-refractivity contribution < 1.29 is 4.42 Å². The van der Waals surface area contributed by atoms with E-state index in [0.717, 1.165) is 55.7 Å². The zero-order valence-corrected chi connectivity index (χ0v) is 27.4. The molecule has 0 saturated carbocycles. The van der Waals surface area contributed by atoms with Crippen molar-refractivity contribution >= 4 is 39.0 Å². The summed E-state index contributed by atoms with van der Waals surface area (Å²) in [7, 11) is 0. The van der Waals surface area contributed by atoms with Crippen LogP contribution in [-0.2, 0) is 0 Å². The molecule has 0 bridgehead atoms. The molecule has 0 atom stereocenters. The van der Waals surface area contributed by atoms with Crippen LogP contribution in [0, 0.1) is 0 Å². The average molecular weight is 640 g/mol. The normalized spacial score (nSPS) is 11.2. The molecule has 236 valence electrons. The van der Waals surface area contributed by atoms with Crippen LogP contribution in [0.3, 0.4) is 0 Å². The molecule has 9 aromatic rings. The molecule has 0 unspecified atom stereocenters. The molecule has 0 fully saturated rings. The number of rotatable bonds is 7. The molecule has 1 heterocycles. The van der Waals surface area contributed by atoms with Gasteiger partial charge in [-0.05, 0) is 69.8 Å². The fourth-order valence-corrected chi connectivity index (χ4v) is 7.02. The molecule has 0 radical (unpaired) electrons. The zero-order valence-electron chi connectivity index (χ0n) is 27.4. The lowest BCUT2D eigenvalue weighted by molar-refractivity contribution is 0.670. The number of fused-ring (bicyclic) bond motifs is 3. The molecule has 0 aliphatic carbocycles. The van der Waals surface area contributed by atoms with E-state index in [0.29, 0.717) is 0 Å². The summed E-state index contributed by atoms with van der Waals surface area (Å²) in [5, 5.41) is 2.19. The van der Waals surface area contributed by atoms with Gasteiger partial charge in [-0.15, -0.1) is 0 Å². The molecule has 8 aromatic carbocycles. The molecule has 9 rings (SSSR count). The lowest BCUT2D eigenvalue weighted by atomic mass is 9.97. The van der Waals surface area contributed by atoms with Gasteiger partial charge in [-0.3, -0.25) is 0 Å². The Morgan fingerprint density at radius 1 is 0.320 bits per heavy atom. The predicted molar refractivity (Wildman–Crippen MR) is 210 cm³/mol. The first-order valence-electron chi connectivity index (χ1n) is 17.0. The van der Waals surface area contributed by atoms with Crippen LogP contribution < -0.4 is 4.90 Å². The molecule has 2 heteroatoms. The number of furan rings is 1. The average Bonchev–Trinajstić information content (AvgIpc) is 3.58. The summed E-state index contributed by atoms with van der Waals surface area (Å²) < 4.78 is 6.64. The highest BCUT2D eigenvalue weighted by atomic mass is 16.3. The number of hydrogen-bond donors (Lipinski definition) is 0. The smallest absolute Gasteiger partial charge is 0.143 e. The highest BCUT2D eigenvalue weighted by molar-refractivity contribution is 6.12. The van der Waals surface area contributed by atoms with Crippen molar-refractivity contribution in [3.63, 3.8) is 0 Å². The fourth-order valence-electron chi connectivity index (χ4n) is 7.02. The van der Waals surface area contributed by atoms with Crippen molar-refractivity contribution in [2.45, 2.75) is 0 Å². The quantitative estimate of drug-likeness (QED) is 0.173. The van der Waals surface area contributed by atoms with E-state index in [1.165, 1.54) is 27.8 Å². The van der Waals surface area contributed by atoms with Gasteiger partial charge in [-0.1, -0.05) is 164 Å². The maximum atomic E-state index is 6.64. The minimum absolute atomic E-state index is 0.880. The molecule has 2 nitrogen and oxygen atoms in total. The molecular weight excluding hydrogens is 607 g/mol. The van der Waals surface area contributed by atoms with Crippen LogP contribution in [0.5, 0.6) is 0 Å². The van der Waals surface area contributed by atoms with Crippen molar-refractivity contribution in [2.75, 3.05) is 4.90 Å². The van der Waals surface area contributed by atoms with E-state index in [1.807, 2.05) is 6.07 Å². The Hall–Kier alpha value is -6.64. The van der Waals surface area contributed by atoms with Crippen LogP contribution in [0.2, 0.25) is 0 Å². The maximum absolute atomic E-state index is 6.64. The van der Waals surface area contributed by atoms with Crippen LogP contribution in [-0.4, -0.2) is 0 Å². The summed E-state index contributed by atoms with van der Waals surface area (Å²) >= 11 is 0. The Labute approximate surface area is 292 Å². The van der Waals surface area contributed by atoms with Gasteiger partial charge in [-0.2, -0.15) is 0 Å². The Balaban J connectivity index is 1.28. The van der Waals surface area contributed by atoms with E-state index in [4.69, 9.17) is 4.42 Å². The van der Waals surface area contributed by atoms with Gasteiger partial charge in [0.2, 0.25) is 0 Å². The Kier molecular flexibility index (Phi) is 7.53. The van der Waals surface area contributed by atoms with Crippen molar-refractivity contribution in [3.05, 3.63) is 200 Å². The van der Waals surface area contributed by atoms with E-state index >= 15 is 0 Å². The Bertz CT molecular complexity index is 2550. The number of benzene rings is 8. The van der Waals surface area contributed by atoms with Crippen molar-refractivity contribution in [3.8, 4) is 44.5 Å². The lowest BCUT2D eigenvalue weighted by Crippen LogP contribution is -2.11. The molecule has 0 aliphatic rings. The lowest BCUT2D eigenvalue weighted by Gasteiger charge is -2.28. The van der Waals surface area contributed by atoms with Crippen LogP contribution in [0.25, 0.3) is 66.4 Å². The molecule has 0 aliphatic heterocycles. The molecule has 0 spiro atoms. The third-order valence-electron chi connectivity index (χ3n) is 9.49. The van der Waals surface area contributed by atoms with Crippen molar-refractivity contribution in [1.29, 1.82) is 0 Å². The van der Waals surface area contributed by atoms with Crippen LogP contribution in [0.15, 0.2) is 205 Å². The van der Waals surface area contributed by atoms with Gasteiger partial charge in [-0.25, -0.2) is 0 Å². The van der Waals surface area contributed by atoms with E-state index in [-0.39, 0.29) is 0 Å². The van der Waals surface area contributed by atoms with Gasteiger partial charge in [0.1, 0.15) is 11.2 Å². The predicted octanol–water partition coefficient (Wildman–Crippen LogP) is 13.7. The van der Waals surface area contributed by atoms with Crippen molar-refractivity contribution in [2.24, 2.45) is 0 Å². The summed E-state index contributed by atoms with van der Waals surface area (Å²) in [4.78, 5) is 2.39. The van der Waals surface area contributed by atoms with Gasteiger partial charge < -0.3 is 9.32 Å². The highest BCUT2D eigenvalue weighted by Crippen LogP contribution is 2.46. The second-order valence-electron chi connectivity index (χ2n) is 12.5. The number of anilines is 3. The SMILES string of the molecule is c1ccc(-c2ccc(-c3cc(N(c4ccc(-c5ccccc5)cc4)c4ccccc4-c4ccccc4)cc4c3oc3ccccc34)cc2)cc1. The second kappa shape index (κ2) is 12.8. The van der Waals surface area contributed by atoms with Gasteiger partial charge in [0.05, 0.1) is 5.69 Å². The molecule has 50 heavy (non-hydrogen) atoms. The minimum Gasteiger partial charge on any atom is -0.455 e. The summed E-state index contributed by atoms with van der Waals surface area (Å²) in [6.07, 6.45) is 0. The van der Waals surface area contributed by atoms with Gasteiger partial charge in [0, 0.05) is 33.3 Å². The van der Waals surface area contributed by atoms with E-state index in [9.17, 15) is 0 Å². The van der Waals surface area contributed by atoms with Crippen LogP contribution >= 0.6 is 0 Å². The Morgan fingerprint density at radius 2 is 0.800 bits per heavy atom. The van der Waals surface area contributed by atoms with Crippen LogP contribution in [0.1, 0.15) is 0 Å². The van der Waals surface area contributed by atoms with Crippen LogP contribution in [0.4, 0.5) is 17.1 Å². The third kappa shape index (κ3) is 5.43. The highest BCUT2D eigenvalue weighted by Gasteiger charge is 2.22. The monoisotopic (exact) mass is 639 g/mol. The summed E-state index contributed by atoms with van der Waals surface area (Å²) in [5.41, 5.74) is 14.2. The molecule has 0 saturated heterocycles. The summed E-state index contributed by atoms with van der Waals surface area (Å²) in [6.45, 7) is 0. The largest absolute Gasteiger partial charge is 0.455 e. The molecule has 1 aromatic heterocycles. The minimum atomic E-state index is 0.880. The first-order valence-corrected chi connectivity index (χ1v) is 17.0. The second-order valence-corrected chi connectivity index (χ2v) is 12.5. The zero-order chi connectivity index (χ0) is 33.3. The van der Waals surface area contributed by atoms with E-state index in [1.54, 1.807) is 0 Å². The third-order valence-corrected chi connectivity index (χ3v) is 9.49. The first-order chi connectivity index (χ1) is 24.8. The van der Waals surface area contributed by atoms with Crippen molar-refractivity contribution in [1.82, 2.24) is 0 Å². The van der Waals surface area contributed by atoms with Gasteiger partial charge in [0.25, 0.3) is 0 Å².